The zero-order valence-corrected chi connectivity index (χ0v) is 7.58. The Kier molecular flexibility index (Phi) is 3.15. The van der Waals surface area contributed by atoms with Gasteiger partial charge in [-0.1, -0.05) is 11.8 Å². The van der Waals surface area contributed by atoms with E-state index in [1.54, 1.807) is 10.8 Å². The summed E-state index contributed by atoms with van der Waals surface area (Å²) < 4.78 is 0. The van der Waals surface area contributed by atoms with Crippen molar-refractivity contribution in [2.75, 3.05) is 5.88 Å². The Hall–Kier alpha value is -0.980. The number of rotatable bonds is 1. The monoisotopic (exact) mass is 200 g/mol. The van der Waals surface area contributed by atoms with Crippen LogP contribution in [0.4, 0.5) is 0 Å². The highest BCUT2D eigenvalue weighted by atomic mass is 35.5. The van der Waals surface area contributed by atoms with E-state index in [4.69, 9.17) is 16.7 Å². The molecular weight excluding hydrogens is 196 g/mol. The first-order chi connectivity index (χ1) is 5.75. The average Bonchev–Trinajstić information content (AvgIpc) is 2.48. The third-order valence-electron chi connectivity index (χ3n) is 1.18. The highest BCUT2D eigenvalue weighted by Gasteiger charge is 2.07. The van der Waals surface area contributed by atoms with Crippen molar-refractivity contribution in [2.24, 2.45) is 0 Å². The lowest BCUT2D eigenvalue weighted by Gasteiger charge is -1.87. The van der Waals surface area contributed by atoms with Gasteiger partial charge in [-0.3, -0.25) is 0 Å². The number of hydrogen-bond acceptors (Lipinski definition) is 2. The van der Waals surface area contributed by atoms with Crippen molar-refractivity contribution in [3.63, 3.8) is 0 Å². The maximum absolute atomic E-state index is 10.6. The summed E-state index contributed by atoms with van der Waals surface area (Å²) in [4.78, 5) is 10.6. The molecule has 0 saturated carbocycles. The number of carbonyl (C=O) groups is 1. The third-order valence-corrected chi connectivity index (χ3v) is 2.06. The van der Waals surface area contributed by atoms with Crippen molar-refractivity contribution < 1.29 is 9.90 Å². The van der Waals surface area contributed by atoms with Crippen molar-refractivity contribution in [1.29, 1.82) is 0 Å². The molecule has 0 fully saturated rings. The van der Waals surface area contributed by atoms with E-state index in [0.717, 1.165) is 0 Å². The summed E-state index contributed by atoms with van der Waals surface area (Å²) in [7, 11) is 0. The van der Waals surface area contributed by atoms with Gasteiger partial charge in [0.05, 0.1) is 11.4 Å². The molecule has 62 valence electrons. The van der Waals surface area contributed by atoms with Gasteiger partial charge in [0.15, 0.2) is 0 Å². The van der Waals surface area contributed by atoms with Crippen LogP contribution in [0.5, 0.6) is 0 Å². The molecule has 0 aromatic carbocycles. The van der Waals surface area contributed by atoms with Gasteiger partial charge in [-0.25, -0.2) is 4.79 Å². The summed E-state index contributed by atoms with van der Waals surface area (Å²) in [5.74, 6) is 4.54. The third kappa shape index (κ3) is 2.00. The minimum Gasteiger partial charge on any atom is -0.478 e. The second-order valence-corrected chi connectivity index (χ2v) is 2.95. The van der Waals surface area contributed by atoms with Crippen molar-refractivity contribution in [3.05, 3.63) is 21.9 Å². The minimum absolute atomic E-state index is 0.217. The first kappa shape index (κ1) is 9.11. The molecule has 0 aliphatic rings. The van der Waals surface area contributed by atoms with Gasteiger partial charge in [-0.15, -0.1) is 11.6 Å². The fourth-order valence-corrected chi connectivity index (χ4v) is 1.51. The first-order valence-electron chi connectivity index (χ1n) is 3.10. The SMILES string of the molecule is O=C(O)c1cscc1C#CCCl. The molecule has 1 N–H and O–H groups in total. The quantitative estimate of drug-likeness (QED) is 0.557. The zero-order chi connectivity index (χ0) is 8.97. The van der Waals surface area contributed by atoms with Crippen molar-refractivity contribution in [3.8, 4) is 11.8 Å². The zero-order valence-electron chi connectivity index (χ0n) is 6.00. The van der Waals surface area contributed by atoms with Crippen molar-refractivity contribution in [2.45, 2.75) is 0 Å². The number of aromatic carboxylic acids is 1. The Morgan fingerprint density at radius 2 is 2.42 bits per heavy atom. The lowest BCUT2D eigenvalue weighted by Crippen LogP contribution is -1.95. The van der Waals surface area contributed by atoms with Crippen LogP contribution in [0.2, 0.25) is 0 Å². The van der Waals surface area contributed by atoms with Crippen LogP contribution in [0.25, 0.3) is 0 Å². The van der Waals surface area contributed by atoms with Gasteiger partial charge in [0, 0.05) is 16.3 Å². The lowest BCUT2D eigenvalue weighted by molar-refractivity contribution is 0.0697. The van der Waals surface area contributed by atoms with Crippen LogP contribution < -0.4 is 0 Å². The summed E-state index contributed by atoms with van der Waals surface area (Å²) in [5, 5.41) is 11.9. The Morgan fingerprint density at radius 1 is 1.67 bits per heavy atom. The molecule has 0 bridgehead atoms. The van der Waals surface area contributed by atoms with Gasteiger partial charge >= 0.3 is 5.97 Å². The molecule has 0 unspecified atom stereocenters. The highest BCUT2D eigenvalue weighted by Crippen LogP contribution is 2.13. The summed E-state index contributed by atoms with van der Waals surface area (Å²) in [6.07, 6.45) is 0. The normalized spacial score (nSPS) is 8.75. The number of alkyl halides is 1. The largest absolute Gasteiger partial charge is 0.478 e. The van der Waals surface area contributed by atoms with Crippen LogP contribution in [-0.4, -0.2) is 17.0 Å². The second-order valence-electron chi connectivity index (χ2n) is 1.94. The molecule has 0 atom stereocenters. The van der Waals surface area contributed by atoms with Gasteiger partial charge < -0.3 is 5.11 Å². The highest BCUT2D eigenvalue weighted by molar-refractivity contribution is 7.08. The maximum Gasteiger partial charge on any atom is 0.337 e. The molecule has 1 aromatic rings. The van der Waals surface area contributed by atoms with E-state index in [9.17, 15) is 4.79 Å². The molecule has 4 heteroatoms. The average molecular weight is 201 g/mol. The molecule has 1 aromatic heterocycles. The number of hydrogen-bond donors (Lipinski definition) is 1. The fraction of sp³-hybridized carbons (Fsp3) is 0.125. The van der Waals surface area contributed by atoms with E-state index >= 15 is 0 Å². The van der Waals surface area contributed by atoms with E-state index in [2.05, 4.69) is 11.8 Å². The van der Waals surface area contributed by atoms with Crippen molar-refractivity contribution in [1.82, 2.24) is 0 Å². The summed E-state index contributed by atoms with van der Waals surface area (Å²) in [5.41, 5.74) is 0.783. The minimum atomic E-state index is -0.949. The molecule has 0 radical (unpaired) electrons. The van der Waals surface area contributed by atoms with E-state index in [-0.39, 0.29) is 11.4 Å². The smallest absolute Gasteiger partial charge is 0.337 e. The van der Waals surface area contributed by atoms with E-state index in [1.807, 2.05) is 0 Å². The number of carboxylic acids is 1. The Bertz CT molecular complexity index is 345. The Labute approximate surface area is 78.8 Å². The van der Waals surface area contributed by atoms with Crippen LogP contribution in [-0.2, 0) is 0 Å². The van der Waals surface area contributed by atoms with E-state index < -0.39 is 5.97 Å². The second kappa shape index (κ2) is 4.15. The molecule has 0 amide bonds. The van der Waals surface area contributed by atoms with Crippen molar-refractivity contribution >= 4 is 28.9 Å². The van der Waals surface area contributed by atoms with Gasteiger partial charge in [-0.2, -0.15) is 11.3 Å². The molecular formula is C8H5ClO2S. The van der Waals surface area contributed by atoms with Gasteiger partial charge in [0.1, 0.15) is 0 Å². The molecule has 1 heterocycles. The maximum atomic E-state index is 10.6. The molecule has 0 spiro atoms. The van der Waals surface area contributed by atoms with Gasteiger partial charge in [0.25, 0.3) is 0 Å². The molecule has 1 rings (SSSR count). The fourth-order valence-electron chi connectivity index (χ4n) is 0.688. The van der Waals surface area contributed by atoms with Gasteiger partial charge in [0.2, 0.25) is 0 Å². The van der Waals surface area contributed by atoms with Crippen LogP contribution in [0.1, 0.15) is 15.9 Å². The standard InChI is InChI=1S/C8H5ClO2S/c9-3-1-2-6-4-12-5-7(6)8(10)11/h4-5H,3H2,(H,10,11). The first-order valence-corrected chi connectivity index (χ1v) is 4.57. The van der Waals surface area contributed by atoms with Gasteiger partial charge in [-0.05, 0) is 0 Å². The Balaban J connectivity index is 2.99. The number of thiophene rings is 1. The predicted octanol–water partition coefficient (Wildman–Crippen LogP) is 2.04. The molecule has 0 saturated heterocycles. The number of carboxylic acid groups (broad SMARTS) is 1. The molecule has 12 heavy (non-hydrogen) atoms. The summed E-state index contributed by atoms with van der Waals surface area (Å²) in [6, 6.07) is 0. The molecule has 2 nitrogen and oxygen atoms in total. The van der Waals surface area contributed by atoms with E-state index in [0.29, 0.717) is 5.56 Å². The Morgan fingerprint density at radius 3 is 3.00 bits per heavy atom. The van der Waals surface area contributed by atoms with Crippen LogP contribution >= 0.6 is 22.9 Å². The van der Waals surface area contributed by atoms with Crippen LogP contribution in [0.3, 0.4) is 0 Å². The summed E-state index contributed by atoms with van der Waals surface area (Å²) in [6.45, 7) is 0. The lowest BCUT2D eigenvalue weighted by atomic mass is 10.2. The predicted molar refractivity (Wildman–Crippen MR) is 48.9 cm³/mol. The van der Waals surface area contributed by atoms with E-state index in [1.165, 1.54) is 11.3 Å². The molecule has 0 aliphatic heterocycles. The topological polar surface area (TPSA) is 37.3 Å². The van der Waals surface area contributed by atoms with Crippen LogP contribution in [0.15, 0.2) is 10.8 Å². The molecule has 0 aliphatic carbocycles. The number of halogens is 1. The summed E-state index contributed by atoms with van der Waals surface area (Å²) >= 11 is 6.65. The van der Waals surface area contributed by atoms with Crippen LogP contribution in [0, 0.1) is 11.8 Å².